The van der Waals surface area contributed by atoms with E-state index in [2.05, 4.69) is 0 Å². The summed E-state index contributed by atoms with van der Waals surface area (Å²) < 4.78 is 1.90. The average Bonchev–Trinajstić information content (AvgIpc) is 3.23. The van der Waals surface area contributed by atoms with Crippen LogP contribution in [0.15, 0.2) is 48.7 Å². The molecule has 5 heteroatoms. The fourth-order valence-corrected chi connectivity index (χ4v) is 3.84. The van der Waals surface area contributed by atoms with Gasteiger partial charge in [0.15, 0.2) is 0 Å². The molecule has 0 saturated carbocycles. The Morgan fingerprint density at radius 3 is 2.60 bits per heavy atom. The van der Waals surface area contributed by atoms with Gasteiger partial charge in [-0.05, 0) is 37.0 Å². The van der Waals surface area contributed by atoms with E-state index < -0.39 is 11.5 Å². The van der Waals surface area contributed by atoms with Gasteiger partial charge in [-0.25, -0.2) is 4.79 Å². The van der Waals surface area contributed by atoms with E-state index in [4.69, 9.17) is 0 Å². The first kappa shape index (κ1) is 17.3. The van der Waals surface area contributed by atoms with Crippen LogP contribution in [0.2, 0.25) is 0 Å². The summed E-state index contributed by atoms with van der Waals surface area (Å²) >= 11 is 0. The van der Waals surface area contributed by atoms with Gasteiger partial charge >= 0.3 is 5.97 Å². The van der Waals surface area contributed by atoms with Crippen LogP contribution in [0.5, 0.6) is 0 Å². The van der Waals surface area contributed by atoms with Crippen LogP contribution in [0, 0.1) is 0 Å². The van der Waals surface area contributed by atoms with E-state index in [1.807, 2.05) is 54.1 Å². The molecule has 1 fully saturated rings. The van der Waals surface area contributed by atoms with Crippen molar-refractivity contribution in [3.05, 3.63) is 59.9 Å². The van der Waals surface area contributed by atoms with Crippen molar-refractivity contribution in [2.24, 2.45) is 0 Å². The van der Waals surface area contributed by atoms with E-state index >= 15 is 0 Å². The first-order valence-electron chi connectivity index (χ1n) is 8.83. The van der Waals surface area contributed by atoms with E-state index in [1.54, 1.807) is 11.0 Å². The Hall–Kier alpha value is -2.56. The van der Waals surface area contributed by atoms with Crippen molar-refractivity contribution in [1.29, 1.82) is 0 Å². The van der Waals surface area contributed by atoms with Gasteiger partial charge in [0.25, 0.3) is 5.91 Å². The van der Waals surface area contributed by atoms with E-state index in [0.717, 1.165) is 18.4 Å². The molecular weight excluding hydrogens is 316 g/mol. The van der Waals surface area contributed by atoms with Crippen molar-refractivity contribution in [2.75, 3.05) is 6.54 Å². The largest absolute Gasteiger partial charge is 0.479 e. The minimum absolute atomic E-state index is 0.186. The minimum atomic E-state index is -1.06. The van der Waals surface area contributed by atoms with Crippen molar-refractivity contribution < 1.29 is 14.7 Å². The molecule has 3 rings (SSSR count). The third-order valence-corrected chi connectivity index (χ3v) is 5.04. The van der Waals surface area contributed by atoms with Gasteiger partial charge in [-0.1, -0.05) is 43.7 Å². The molecule has 2 heterocycles. The van der Waals surface area contributed by atoms with Crippen molar-refractivity contribution in [2.45, 2.75) is 44.7 Å². The molecule has 132 valence electrons. The summed E-state index contributed by atoms with van der Waals surface area (Å²) in [5.41, 5.74) is 0.591. The summed E-state index contributed by atoms with van der Waals surface area (Å²) in [6.45, 7) is 3.06. The van der Waals surface area contributed by atoms with E-state index in [-0.39, 0.29) is 5.91 Å². The molecule has 1 aromatic carbocycles. The molecule has 1 unspecified atom stereocenters. The summed E-state index contributed by atoms with van der Waals surface area (Å²) in [5, 5.41) is 9.82. The van der Waals surface area contributed by atoms with Crippen LogP contribution < -0.4 is 0 Å². The van der Waals surface area contributed by atoms with Crippen LogP contribution in [0.25, 0.3) is 0 Å². The van der Waals surface area contributed by atoms with Gasteiger partial charge in [0.2, 0.25) is 0 Å². The smallest absolute Gasteiger partial charge is 0.329 e. The molecule has 0 aliphatic carbocycles. The topological polar surface area (TPSA) is 62.5 Å². The molecule has 1 aliphatic rings. The predicted octanol–water partition coefficient (Wildman–Crippen LogP) is 3.40. The normalized spacial score (nSPS) is 20.0. The third-order valence-electron chi connectivity index (χ3n) is 5.04. The molecule has 0 radical (unpaired) electrons. The van der Waals surface area contributed by atoms with E-state index in [1.165, 1.54) is 0 Å². The van der Waals surface area contributed by atoms with Crippen molar-refractivity contribution >= 4 is 11.9 Å². The molecular formula is C20H24N2O3. The number of hydrogen-bond donors (Lipinski definition) is 1. The second kappa shape index (κ2) is 7.13. The van der Waals surface area contributed by atoms with Crippen LogP contribution in [0.1, 0.15) is 48.7 Å². The second-order valence-electron chi connectivity index (χ2n) is 6.65. The number of carbonyl (C=O) groups excluding carboxylic acids is 1. The van der Waals surface area contributed by atoms with E-state index in [0.29, 0.717) is 31.6 Å². The minimum Gasteiger partial charge on any atom is -0.479 e. The number of carbonyl (C=O) groups is 2. The fourth-order valence-electron chi connectivity index (χ4n) is 3.84. The third kappa shape index (κ3) is 3.18. The number of hydrogen-bond acceptors (Lipinski definition) is 2. The van der Waals surface area contributed by atoms with Crippen LogP contribution in [-0.2, 0) is 11.3 Å². The number of aliphatic carboxylic acids is 1. The Morgan fingerprint density at radius 2 is 1.92 bits per heavy atom. The standard InChI is InChI=1S/C20H24N2O3/c1-2-11-20(19(24)25)12-7-14-22(20)18(23)17-10-6-13-21(17)15-16-8-4-3-5-9-16/h3-6,8-10,13H,2,7,11-12,14-15H2,1H3,(H,24,25). The van der Waals surface area contributed by atoms with Crippen LogP contribution in [0.3, 0.4) is 0 Å². The summed E-state index contributed by atoms with van der Waals surface area (Å²) in [5.74, 6) is -1.07. The lowest BCUT2D eigenvalue weighted by Crippen LogP contribution is -2.53. The molecule has 25 heavy (non-hydrogen) atoms. The molecule has 1 saturated heterocycles. The number of carboxylic acids is 1. The maximum atomic E-state index is 13.2. The van der Waals surface area contributed by atoms with Gasteiger partial charge in [-0.3, -0.25) is 4.79 Å². The summed E-state index contributed by atoms with van der Waals surface area (Å²) in [4.78, 5) is 26.7. The monoisotopic (exact) mass is 340 g/mol. The molecule has 1 amide bonds. The molecule has 1 N–H and O–H groups in total. The van der Waals surface area contributed by atoms with Gasteiger partial charge < -0.3 is 14.6 Å². The van der Waals surface area contributed by atoms with Gasteiger partial charge in [0, 0.05) is 19.3 Å². The molecule has 0 spiro atoms. The lowest BCUT2D eigenvalue weighted by molar-refractivity contribution is -0.148. The fraction of sp³-hybridized carbons (Fsp3) is 0.400. The highest BCUT2D eigenvalue weighted by atomic mass is 16.4. The average molecular weight is 340 g/mol. The molecule has 1 aliphatic heterocycles. The van der Waals surface area contributed by atoms with Gasteiger partial charge in [0.05, 0.1) is 0 Å². The highest BCUT2D eigenvalue weighted by Gasteiger charge is 2.49. The quantitative estimate of drug-likeness (QED) is 0.877. The lowest BCUT2D eigenvalue weighted by Gasteiger charge is -2.34. The maximum absolute atomic E-state index is 13.2. The summed E-state index contributed by atoms with van der Waals surface area (Å²) in [6, 6.07) is 13.6. The first-order chi connectivity index (χ1) is 12.1. The summed E-state index contributed by atoms with van der Waals surface area (Å²) in [6.07, 6.45) is 4.37. The van der Waals surface area contributed by atoms with E-state index in [9.17, 15) is 14.7 Å². The Labute approximate surface area is 147 Å². The zero-order valence-electron chi connectivity index (χ0n) is 14.5. The highest BCUT2D eigenvalue weighted by molar-refractivity contribution is 5.97. The predicted molar refractivity (Wildman–Crippen MR) is 95.5 cm³/mol. The Kier molecular flexibility index (Phi) is 4.93. The van der Waals surface area contributed by atoms with Crippen molar-refractivity contribution in [3.63, 3.8) is 0 Å². The van der Waals surface area contributed by atoms with Crippen LogP contribution in [0.4, 0.5) is 0 Å². The number of benzene rings is 1. The maximum Gasteiger partial charge on any atom is 0.329 e. The Bertz CT molecular complexity index is 753. The number of nitrogens with zero attached hydrogens (tertiary/aromatic N) is 2. The SMILES string of the molecule is CCCC1(C(=O)O)CCCN1C(=O)c1cccn1Cc1ccccc1. The Morgan fingerprint density at radius 1 is 1.16 bits per heavy atom. The van der Waals surface area contributed by atoms with Gasteiger partial charge in [-0.15, -0.1) is 0 Å². The Balaban J connectivity index is 1.88. The second-order valence-corrected chi connectivity index (χ2v) is 6.65. The van der Waals surface area contributed by atoms with Gasteiger partial charge in [0.1, 0.15) is 11.2 Å². The number of rotatable bonds is 6. The molecule has 2 aromatic rings. The van der Waals surface area contributed by atoms with Gasteiger partial charge in [-0.2, -0.15) is 0 Å². The molecule has 0 bridgehead atoms. The van der Waals surface area contributed by atoms with Crippen LogP contribution >= 0.6 is 0 Å². The van der Waals surface area contributed by atoms with Crippen molar-refractivity contribution in [1.82, 2.24) is 9.47 Å². The lowest BCUT2D eigenvalue weighted by atomic mass is 9.90. The highest BCUT2D eigenvalue weighted by Crippen LogP contribution is 2.35. The number of aromatic nitrogens is 1. The zero-order chi connectivity index (χ0) is 17.9. The number of likely N-dealkylation sites (tertiary alicyclic amines) is 1. The molecule has 5 nitrogen and oxygen atoms in total. The van der Waals surface area contributed by atoms with Crippen LogP contribution in [-0.4, -0.2) is 38.5 Å². The number of amides is 1. The molecule has 1 aromatic heterocycles. The first-order valence-corrected chi connectivity index (χ1v) is 8.83. The summed E-state index contributed by atoms with van der Waals surface area (Å²) in [7, 11) is 0. The number of carboxylic acid groups (broad SMARTS) is 1. The van der Waals surface area contributed by atoms with Crippen molar-refractivity contribution in [3.8, 4) is 0 Å². The zero-order valence-corrected chi connectivity index (χ0v) is 14.5. The molecule has 1 atom stereocenters.